The maximum Gasteiger partial charge on any atom is 0.490 e. The summed E-state index contributed by atoms with van der Waals surface area (Å²) in [5.74, 6) is -4.14. The van der Waals surface area contributed by atoms with Crippen LogP contribution in [0.3, 0.4) is 0 Å². The van der Waals surface area contributed by atoms with E-state index in [9.17, 15) is 27.9 Å². The third-order valence-corrected chi connectivity index (χ3v) is 4.77. The van der Waals surface area contributed by atoms with Crippen molar-refractivity contribution < 1.29 is 42.5 Å². The first-order valence-electron chi connectivity index (χ1n) is 9.06. The number of hydrogen-bond donors (Lipinski definition) is 3. The number of rotatable bonds is 4. The molecule has 1 aromatic heterocycles. The highest BCUT2D eigenvalue weighted by Crippen LogP contribution is 2.28. The molecule has 3 N–H and O–H groups in total. The van der Waals surface area contributed by atoms with Crippen LogP contribution in [0, 0.1) is 0 Å². The average Bonchev–Trinajstić information content (AvgIpc) is 3.14. The number of thiazole rings is 1. The molecule has 0 aliphatic carbocycles. The molecule has 1 aliphatic heterocycles. The van der Waals surface area contributed by atoms with Crippen molar-refractivity contribution in [3.63, 3.8) is 0 Å². The Morgan fingerprint density at radius 2 is 1.81 bits per heavy atom. The van der Waals surface area contributed by atoms with E-state index < -0.39 is 29.8 Å². The fourth-order valence-corrected chi connectivity index (χ4v) is 3.45. The first-order valence-corrected chi connectivity index (χ1v) is 9.93. The van der Waals surface area contributed by atoms with Gasteiger partial charge in [0.25, 0.3) is 5.91 Å². The molecule has 0 spiro atoms. The van der Waals surface area contributed by atoms with Gasteiger partial charge in [-0.1, -0.05) is 18.2 Å². The molecule has 1 aromatic carbocycles. The molecule has 9 nitrogen and oxygen atoms in total. The minimum atomic E-state index is -5.08. The predicted octanol–water partition coefficient (Wildman–Crippen LogP) is 3.22. The van der Waals surface area contributed by atoms with E-state index in [4.69, 9.17) is 14.6 Å². The Bertz CT molecular complexity index is 965. The molecule has 2 aromatic rings. The first kappa shape index (κ1) is 25.1. The van der Waals surface area contributed by atoms with Crippen LogP contribution < -0.4 is 5.32 Å². The number of ether oxygens (including phenoxy) is 1. The van der Waals surface area contributed by atoms with Crippen LogP contribution in [0.5, 0.6) is 0 Å². The standard InChI is InChI=1S/C17H19N3O4S.C2HF3O2/c1-17(2)9-20(8-12(24-17)16(22)23)15(21)13-14(25-10-18-13)19-11-6-4-3-5-7-11;3-2(4,5)1(6)7/h3-7,10,12,19H,8-9H2,1-2H3,(H,22,23);(H,6,7). The van der Waals surface area contributed by atoms with Crippen molar-refractivity contribution in [2.45, 2.75) is 31.7 Å². The maximum absolute atomic E-state index is 12.9. The molecule has 1 unspecified atom stereocenters. The van der Waals surface area contributed by atoms with Crippen molar-refractivity contribution in [3.05, 3.63) is 41.5 Å². The van der Waals surface area contributed by atoms with Crippen LogP contribution in [-0.2, 0) is 14.3 Å². The number of carboxylic acids is 2. The number of amides is 1. The molecule has 1 amide bonds. The average molecular weight is 475 g/mol. The predicted molar refractivity (Wildman–Crippen MR) is 108 cm³/mol. The van der Waals surface area contributed by atoms with E-state index in [1.807, 2.05) is 30.3 Å². The number of anilines is 2. The molecule has 1 saturated heterocycles. The van der Waals surface area contributed by atoms with Crippen LogP contribution in [-0.4, -0.2) is 68.9 Å². The molecule has 2 heterocycles. The second-order valence-corrected chi connectivity index (χ2v) is 8.07. The molecule has 13 heteroatoms. The second-order valence-electron chi connectivity index (χ2n) is 7.21. The number of aromatic nitrogens is 1. The number of nitrogens with zero attached hydrogens (tertiary/aromatic N) is 2. The lowest BCUT2D eigenvalue weighted by Gasteiger charge is -2.41. The lowest BCUT2D eigenvalue weighted by Crippen LogP contribution is -2.56. The SMILES string of the molecule is CC1(C)CN(C(=O)c2ncsc2Nc2ccccc2)CC(C(=O)O)O1.O=C(O)C(F)(F)F. The summed E-state index contributed by atoms with van der Waals surface area (Å²) < 4.78 is 37.3. The molecular formula is C19H20F3N3O6S. The normalized spacial score (nSPS) is 17.7. The van der Waals surface area contributed by atoms with Gasteiger partial charge in [-0.25, -0.2) is 14.6 Å². The highest BCUT2D eigenvalue weighted by molar-refractivity contribution is 7.14. The fourth-order valence-electron chi connectivity index (χ4n) is 2.76. The topological polar surface area (TPSA) is 129 Å². The van der Waals surface area contributed by atoms with Crippen LogP contribution in [0.4, 0.5) is 23.9 Å². The number of aliphatic carboxylic acids is 2. The molecule has 3 rings (SSSR count). The number of benzene rings is 1. The van der Waals surface area contributed by atoms with Gasteiger partial charge in [0.15, 0.2) is 11.8 Å². The van der Waals surface area contributed by atoms with Gasteiger partial charge in [0, 0.05) is 12.2 Å². The number of hydrogen-bond acceptors (Lipinski definition) is 7. The summed E-state index contributed by atoms with van der Waals surface area (Å²) in [6.45, 7) is 3.84. The molecule has 1 aliphatic rings. The van der Waals surface area contributed by atoms with E-state index in [0.29, 0.717) is 11.5 Å². The molecule has 174 valence electrons. The quantitative estimate of drug-likeness (QED) is 0.615. The van der Waals surface area contributed by atoms with Crippen LogP contribution in [0.2, 0.25) is 0 Å². The van der Waals surface area contributed by atoms with Crippen molar-refractivity contribution in [2.24, 2.45) is 0 Å². The van der Waals surface area contributed by atoms with Gasteiger partial charge < -0.3 is 25.2 Å². The molecule has 1 atom stereocenters. The summed E-state index contributed by atoms with van der Waals surface area (Å²) in [5.41, 5.74) is 2.00. The summed E-state index contributed by atoms with van der Waals surface area (Å²) in [6, 6.07) is 9.49. The van der Waals surface area contributed by atoms with Crippen molar-refractivity contribution in [3.8, 4) is 0 Å². The van der Waals surface area contributed by atoms with Crippen molar-refractivity contribution in [1.82, 2.24) is 9.88 Å². The fraction of sp³-hybridized carbons (Fsp3) is 0.368. The van der Waals surface area contributed by atoms with E-state index in [0.717, 1.165) is 5.69 Å². The minimum absolute atomic E-state index is 0.0000989. The third-order valence-electron chi connectivity index (χ3n) is 4.03. The smallest absolute Gasteiger partial charge is 0.479 e. The van der Waals surface area contributed by atoms with E-state index in [1.54, 1.807) is 19.4 Å². The number of carbonyl (C=O) groups is 3. The number of halogens is 3. The van der Waals surface area contributed by atoms with Gasteiger partial charge in [0.1, 0.15) is 5.00 Å². The van der Waals surface area contributed by atoms with Gasteiger partial charge in [0.2, 0.25) is 0 Å². The van der Waals surface area contributed by atoms with Crippen LogP contribution in [0.15, 0.2) is 35.8 Å². The van der Waals surface area contributed by atoms with Crippen LogP contribution in [0.1, 0.15) is 24.3 Å². The molecular weight excluding hydrogens is 455 g/mol. The number of carbonyl (C=O) groups excluding carboxylic acids is 1. The molecule has 0 saturated carbocycles. The lowest BCUT2D eigenvalue weighted by atomic mass is 10.0. The van der Waals surface area contributed by atoms with Crippen LogP contribution in [0.25, 0.3) is 0 Å². The van der Waals surface area contributed by atoms with Crippen LogP contribution >= 0.6 is 11.3 Å². The van der Waals surface area contributed by atoms with Gasteiger partial charge in [0.05, 0.1) is 17.7 Å². The Labute approximate surface area is 184 Å². The number of nitrogens with one attached hydrogen (secondary N) is 1. The highest BCUT2D eigenvalue weighted by atomic mass is 32.1. The summed E-state index contributed by atoms with van der Waals surface area (Å²) in [7, 11) is 0. The van der Waals surface area contributed by atoms with Crippen molar-refractivity contribution in [1.29, 1.82) is 0 Å². The summed E-state index contributed by atoms with van der Waals surface area (Å²) in [5, 5.41) is 20.2. The summed E-state index contributed by atoms with van der Waals surface area (Å²) in [4.78, 5) is 38.8. The summed E-state index contributed by atoms with van der Waals surface area (Å²) >= 11 is 1.33. The Balaban J connectivity index is 0.000000451. The maximum atomic E-state index is 12.9. The zero-order valence-electron chi connectivity index (χ0n) is 16.9. The number of alkyl halides is 3. The van der Waals surface area contributed by atoms with Gasteiger partial charge in [-0.2, -0.15) is 13.2 Å². The first-order chi connectivity index (χ1) is 14.8. The van der Waals surface area contributed by atoms with Gasteiger partial charge in [-0.15, -0.1) is 11.3 Å². The zero-order valence-corrected chi connectivity index (χ0v) is 17.7. The van der Waals surface area contributed by atoms with Crippen molar-refractivity contribution >= 4 is 39.9 Å². The number of morpholine rings is 1. The van der Waals surface area contributed by atoms with E-state index in [2.05, 4.69) is 10.3 Å². The Morgan fingerprint density at radius 1 is 1.22 bits per heavy atom. The van der Waals surface area contributed by atoms with E-state index in [-0.39, 0.29) is 18.1 Å². The lowest BCUT2D eigenvalue weighted by molar-refractivity contribution is -0.192. The van der Waals surface area contributed by atoms with Crippen molar-refractivity contribution in [2.75, 3.05) is 18.4 Å². The Morgan fingerprint density at radius 3 is 2.34 bits per heavy atom. The van der Waals surface area contributed by atoms with E-state index >= 15 is 0 Å². The van der Waals surface area contributed by atoms with Gasteiger partial charge >= 0.3 is 18.1 Å². The second kappa shape index (κ2) is 9.96. The zero-order chi connectivity index (χ0) is 24.1. The number of para-hydroxylation sites is 1. The van der Waals surface area contributed by atoms with Gasteiger partial charge in [-0.3, -0.25) is 4.79 Å². The Kier molecular flexibility index (Phi) is 7.80. The summed E-state index contributed by atoms with van der Waals surface area (Å²) in [6.07, 6.45) is -6.13. The molecule has 0 bridgehead atoms. The number of carboxylic acid groups (broad SMARTS) is 2. The molecule has 32 heavy (non-hydrogen) atoms. The molecule has 0 radical (unpaired) electrons. The largest absolute Gasteiger partial charge is 0.490 e. The minimum Gasteiger partial charge on any atom is -0.479 e. The molecule has 1 fully saturated rings. The monoisotopic (exact) mass is 475 g/mol. The van der Waals surface area contributed by atoms with E-state index in [1.165, 1.54) is 16.2 Å². The Hall–Kier alpha value is -3.19. The third kappa shape index (κ3) is 6.92. The highest BCUT2D eigenvalue weighted by Gasteiger charge is 2.40. The van der Waals surface area contributed by atoms with Gasteiger partial charge in [-0.05, 0) is 26.0 Å².